The number of nitrogens with zero attached hydrogens (tertiary/aromatic N) is 3. The van der Waals surface area contributed by atoms with Gasteiger partial charge in [0.05, 0.1) is 16.6 Å². The smallest absolute Gasteiger partial charge is 0.264 e. The van der Waals surface area contributed by atoms with Crippen molar-refractivity contribution in [2.24, 2.45) is 16.7 Å². The Bertz CT molecular complexity index is 1390. The predicted molar refractivity (Wildman–Crippen MR) is 154 cm³/mol. The summed E-state index contributed by atoms with van der Waals surface area (Å²) in [5.74, 6) is 0.749. The van der Waals surface area contributed by atoms with E-state index in [-0.39, 0.29) is 40.2 Å². The number of hydrogen-bond donors (Lipinski definition) is 1. The molecular weight excluding hydrogens is 524 g/mol. The summed E-state index contributed by atoms with van der Waals surface area (Å²) < 4.78 is 36.0. The molecule has 1 unspecified atom stereocenters. The maximum Gasteiger partial charge on any atom is 0.264 e. The molecule has 4 aliphatic rings. The first kappa shape index (κ1) is 27.5. The summed E-state index contributed by atoms with van der Waals surface area (Å²) in [6.07, 6.45) is 9.63. The molecule has 6 rings (SSSR count). The molecule has 2 aromatic rings. The van der Waals surface area contributed by atoms with Crippen molar-refractivity contribution < 1.29 is 17.9 Å². The highest BCUT2D eigenvalue weighted by Gasteiger charge is 2.56. The van der Waals surface area contributed by atoms with E-state index in [0.29, 0.717) is 29.4 Å². The van der Waals surface area contributed by atoms with E-state index in [4.69, 9.17) is 9.72 Å². The van der Waals surface area contributed by atoms with Crippen LogP contribution in [0.2, 0.25) is 0 Å². The van der Waals surface area contributed by atoms with Gasteiger partial charge in [0.1, 0.15) is 6.61 Å². The second-order valence-corrected chi connectivity index (χ2v) is 15.4. The van der Waals surface area contributed by atoms with E-state index in [1.165, 1.54) is 31.4 Å². The highest BCUT2D eigenvalue weighted by Crippen LogP contribution is 2.62. The van der Waals surface area contributed by atoms with Gasteiger partial charge in [-0.05, 0) is 79.9 Å². The number of nitrogens with one attached hydrogen (secondary N) is 1. The Balaban J connectivity index is 1.44. The van der Waals surface area contributed by atoms with Crippen LogP contribution in [0.3, 0.4) is 0 Å². The molecule has 1 aliphatic heterocycles. The van der Waals surface area contributed by atoms with Gasteiger partial charge in [-0.3, -0.25) is 4.79 Å². The summed E-state index contributed by atoms with van der Waals surface area (Å²) in [5, 5.41) is 0. The lowest BCUT2D eigenvalue weighted by Gasteiger charge is -2.47. The zero-order chi connectivity index (χ0) is 28.3. The Morgan fingerprint density at radius 3 is 2.58 bits per heavy atom. The van der Waals surface area contributed by atoms with Crippen LogP contribution < -0.4 is 9.46 Å². The van der Waals surface area contributed by atoms with Crippen molar-refractivity contribution >= 4 is 21.9 Å². The first-order valence-electron chi connectivity index (χ1n) is 14.9. The Morgan fingerprint density at radius 1 is 1.10 bits per heavy atom. The molecule has 0 radical (unpaired) electrons. The molecule has 3 saturated carbocycles. The van der Waals surface area contributed by atoms with Crippen molar-refractivity contribution in [3.05, 3.63) is 41.6 Å². The first-order valence-corrected chi connectivity index (χ1v) is 16.4. The van der Waals surface area contributed by atoms with Crippen LogP contribution in [0.1, 0.15) is 107 Å². The van der Waals surface area contributed by atoms with Crippen LogP contribution in [0.5, 0.6) is 5.88 Å². The van der Waals surface area contributed by atoms with E-state index in [0.717, 1.165) is 44.2 Å². The lowest BCUT2D eigenvalue weighted by molar-refractivity contribution is 0.00915. The van der Waals surface area contributed by atoms with E-state index in [1.54, 1.807) is 12.1 Å². The van der Waals surface area contributed by atoms with Crippen molar-refractivity contribution in [3.8, 4) is 5.88 Å². The van der Waals surface area contributed by atoms with Crippen LogP contribution in [0.25, 0.3) is 0 Å². The minimum atomic E-state index is -4.03. The van der Waals surface area contributed by atoms with Crippen LogP contribution in [0.4, 0.5) is 5.95 Å². The second kappa shape index (κ2) is 10.00. The third-order valence-electron chi connectivity index (χ3n) is 9.69. The van der Waals surface area contributed by atoms with E-state index >= 15 is 0 Å². The fourth-order valence-electron chi connectivity index (χ4n) is 7.25. The van der Waals surface area contributed by atoms with Crippen molar-refractivity contribution in [3.63, 3.8) is 0 Å². The van der Waals surface area contributed by atoms with Gasteiger partial charge in [0.2, 0.25) is 11.8 Å². The lowest BCUT2D eigenvalue weighted by Crippen LogP contribution is -2.55. The molecule has 4 bridgehead atoms. The standard InChI is InChI=1S/C31H42N4O4S/c1-20(2)14-22-19-39-27-16-26(25-10-5-6-11-30(25,3)4)32-29(33-27)34-40(37,38)24-9-7-8-21(15-24)28(36)35(22)23-17-31(18-23)12-13-31/h7-9,15-16,20,22-23,25H,5-6,10-14,17-19H2,1-4H3,(H,32,33,34)/t22-,25?/m1/s1. The molecule has 9 heteroatoms. The molecule has 3 fully saturated rings. The number of anilines is 1. The molecular formula is C31H42N4O4S. The third kappa shape index (κ3) is 5.33. The van der Waals surface area contributed by atoms with Gasteiger partial charge in [0.15, 0.2) is 0 Å². The van der Waals surface area contributed by atoms with E-state index in [9.17, 15) is 13.2 Å². The van der Waals surface area contributed by atoms with Crippen LogP contribution in [-0.2, 0) is 10.0 Å². The molecule has 1 N–H and O–H groups in total. The molecule has 2 atom stereocenters. The summed E-state index contributed by atoms with van der Waals surface area (Å²) in [6.45, 7) is 9.13. The molecule has 1 spiro atoms. The van der Waals surface area contributed by atoms with Crippen molar-refractivity contribution in [1.82, 2.24) is 14.9 Å². The molecule has 8 nitrogen and oxygen atoms in total. The molecule has 0 saturated heterocycles. The maximum atomic E-state index is 14.1. The Morgan fingerprint density at radius 2 is 1.88 bits per heavy atom. The monoisotopic (exact) mass is 566 g/mol. The van der Waals surface area contributed by atoms with Crippen LogP contribution >= 0.6 is 0 Å². The molecule has 1 amide bonds. The summed E-state index contributed by atoms with van der Waals surface area (Å²) in [4.78, 5) is 25.4. The van der Waals surface area contributed by atoms with Crippen LogP contribution in [0, 0.1) is 16.7 Å². The number of sulfonamides is 1. The Kier molecular flexibility index (Phi) is 6.87. The number of fused-ring (bicyclic) bond motifs is 4. The van der Waals surface area contributed by atoms with Gasteiger partial charge in [-0.15, -0.1) is 0 Å². The predicted octanol–water partition coefficient (Wildman–Crippen LogP) is 6.15. The molecule has 216 valence electrons. The minimum absolute atomic E-state index is 0.0109. The van der Waals surface area contributed by atoms with Gasteiger partial charge in [-0.25, -0.2) is 18.1 Å². The van der Waals surface area contributed by atoms with E-state index < -0.39 is 10.0 Å². The van der Waals surface area contributed by atoms with Gasteiger partial charge in [0.25, 0.3) is 15.9 Å². The van der Waals surface area contributed by atoms with Crippen LogP contribution in [0.15, 0.2) is 35.2 Å². The summed E-state index contributed by atoms with van der Waals surface area (Å²) in [6, 6.07) is 8.22. The first-order chi connectivity index (χ1) is 18.9. The zero-order valence-electron chi connectivity index (χ0n) is 24.2. The topological polar surface area (TPSA) is 101 Å². The number of carbonyl (C=O) groups excluding carboxylic acids is 1. The van der Waals surface area contributed by atoms with Crippen molar-refractivity contribution in [2.45, 2.75) is 108 Å². The molecule has 2 heterocycles. The van der Waals surface area contributed by atoms with Gasteiger partial charge in [-0.2, -0.15) is 4.98 Å². The maximum absolute atomic E-state index is 14.1. The number of rotatable bonds is 4. The van der Waals surface area contributed by atoms with Crippen molar-refractivity contribution in [2.75, 3.05) is 11.3 Å². The average Bonchev–Trinajstić information content (AvgIpc) is 3.67. The largest absolute Gasteiger partial charge is 0.475 e. The zero-order valence-corrected chi connectivity index (χ0v) is 25.0. The highest BCUT2D eigenvalue weighted by atomic mass is 32.2. The normalized spacial score (nSPS) is 27.0. The summed E-state index contributed by atoms with van der Waals surface area (Å²) in [5.41, 5.74) is 1.63. The van der Waals surface area contributed by atoms with Crippen molar-refractivity contribution in [1.29, 1.82) is 0 Å². The van der Waals surface area contributed by atoms with Gasteiger partial charge < -0.3 is 9.64 Å². The van der Waals surface area contributed by atoms with Crippen LogP contribution in [-0.4, -0.2) is 47.9 Å². The fraction of sp³-hybridized carbons (Fsp3) is 0.645. The molecule has 1 aromatic heterocycles. The SMILES string of the molecule is CC(C)C[C@@H]1COc2cc(C3CCCCC3(C)C)nc(n2)NS(=O)(=O)c2cccc(c2)C(=O)N1C1CC2(CC2)C1. The van der Waals surface area contributed by atoms with E-state index in [1.807, 2.05) is 11.0 Å². The number of carbonyl (C=O) groups is 1. The fourth-order valence-corrected chi connectivity index (χ4v) is 8.24. The minimum Gasteiger partial charge on any atom is -0.475 e. The summed E-state index contributed by atoms with van der Waals surface area (Å²) in [7, 11) is -4.03. The van der Waals surface area contributed by atoms with Gasteiger partial charge in [0, 0.05) is 23.6 Å². The number of aromatic nitrogens is 2. The van der Waals surface area contributed by atoms with E-state index in [2.05, 4.69) is 37.4 Å². The van der Waals surface area contributed by atoms with Gasteiger partial charge >= 0.3 is 0 Å². The number of amides is 1. The quantitative estimate of drug-likeness (QED) is 0.476. The number of benzene rings is 1. The lowest BCUT2D eigenvalue weighted by atomic mass is 9.67. The Labute approximate surface area is 238 Å². The molecule has 3 aliphatic carbocycles. The average molecular weight is 567 g/mol. The number of hydrogen-bond acceptors (Lipinski definition) is 6. The second-order valence-electron chi connectivity index (χ2n) is 13.7. The van der Waals surface area contributed by atoms with Gasteiger partial charge in [-0.1, -0.05) is 46.6 Å². The highest BCUT2D eigenvalue weighted by molar-refractivity contribution is 7.92. The Hall–Kier alpha value is -2.68. The number of ether oxygens (including phenoxy) is 1. The third-order valence-corrected chi connectivity index (χ3v) is 11.0. The molecule has 40 heavy (non-hydrogen) atoms. The molecule has 1 aromatic carbocycles. The summed E-state index contributed by atoms with van der Waals surface area (Å²) >= 11 is 0.